The standard InChI is InChI=1S/C21H29N3O3/c1-16-5-8-18(20(13-16)27-12-11-25-3)15-24-21(22-2)23-14-17-6-9-19(26-4)10-7-17/h5-10,13H,11-12,14-15H2,1-4H3,(H2,22,23,24). The number of nitrogens with zero attached hydrogens (tertiary/aromatic N) is 1. The molecular formula is C21H29N3O3. The van der Waals surface area contributed by atoms with Crippen LogP contribution < -0.4 is 20.1 Å². The molecule has 0 aliphatic rings. The van der Waals surface area contributed by atoms with Gasteiger partial charge in [-0.25, -0.2) is 0 Å². The van der Waals surface area contributed by atoms with E-state index in [0.29, 0.717) is 26.3 Å². The van der Waals surface area contributed by atoms with Crippen molar-refractivity contribution < 1.29 is 14.2 Å². The first-order valence-electron chi connectivity index (χ1n) is 8.95. The average molecular weight is 371 g/mol. The van der Waals surface area contributed by atoms with Gasteiger partial charge < -0.3 is 24.8 Å². The van der Waals surface area contributed by atoms with Crippen molar-refractivity contribution in [1.29, 1.82) is 0 Å². The lowest BCUT2D eigenvalue weighted by Gasteiger charge is -2.15. The number of nitrogens with one attached hydrogen (secondary N) is 2. The van der Waals surface area contributed by atoms with Crippen LogP contribution in [-0.2, 0) is 17.8 Å². The summed E-state index contributed by atoms with van der Waals surface area (Å²) in [7, 11) is 5.09. The van der Waals surface area contributed by atoms with Crippen LogP contribution >= 0.6 is 0 Å². The highest BCUT2D eigenvalue weighted by Crippen LogP contribution is 2.20. The molecule has 0 fully saturated rings. The number of methoxy groups -OCH3 is 2. The Morgan fingerprint density at radius 2 is 1.70 bits per heavy atom. The topological polar surface area (TPSA) is 64.1 Å². The molecule has 2 aromatic rings. The van der Waals surface area contributed by atoms with E-state index in [1.54, 1.807) is 21.3 Å². The second kappa shape index (κ2) is 11.1. The van der Waals surface area contributed by atoms with Crippen molar-refractivity contribution >= 4 is 5.96 Å². The van der Waals surface area contributed by atoms with Crippen LogP contribution in [0.25, 0.3) is 0 Å². The van der Waals surface area contributed by atoms with E-state index in [-0.39, 0.29) is 0 Å². The Labute approximate surface area is 161 Å². The summed E-state index contributed by atoms with van der Waals surface area (Å²) in [5.41, 5.74) is 3.38. The summed E-state index contributed by atoms with van der Waals surface area (Å²) in [4.78, 5) is 4.28. The maximum absolute atomic E-state index is 5.84. The number of benzene rings is 2. The van der Waals surface area contributed by atoms with Gasteiger partial charge in [0.1, 0.15) is 18.1 Å². The molecule has 0 saturated carbocycles. The highest BCUT2D eigenvalue weighted by Gasteiger charge is 2.06. The fraction of sp³-hybridized carbons (Fsp3) is 0.381. The molecule has 2 aromatic carbocycles. The molecule has 0 aliphatic carbocycles. The number of hydrogen-bond acceptors (Lipinski definition) is 4. The van der Waals surface area contributed by atoms with Crippen LogP contribution in [-0.4, -0.2) is 40.4 Å². The normalized spacial score (nSPS) is 11.2. The predicted molar refractivity (Wildman–Crippen MR) is 109 cm³/mol. The van der Waals surface area contributed by atoms with E-state index in [9.17, 15) is 0 Å². The average Bonchev–Trinajstić information content (AvgIpc) is 2.70. The van der Waals surface area contributed by atoms with E-state index >= 15 is 0 Å². The molecule has 0 radical (unpaired) electrons. The molecule has 27 heavy (non-hydrogen) atoms. The van der Waals surface area contributed by atoms with Crippen molar-refractivity contribution in [3.8, 4) is 11.5 Å². The van der Waals surface area contributed by atoms with Crippen molar-refractivity contribution in [2.24, 2.45) is 4.99 Å². The minimum Gasteiger partial charge on any atom is -0.497 e. The molecule has 2 N–H and O–H groups in total. The zero-order valence-corrected chi connectivity index (χ0v) is 16.5. The molecule has 0 spiro atoms. The molecule has 0 heterocycles. The number of aliphatic imine (C=N–C) groups is 1. The summed E-state index contributed by atoms with van der Waals surface area (Å²) in [6.07, 6.45) is 0. The maximum atomic E-state index is 5.84. The summed E-state index contributed by atoms with van der Waals surface area (Å²) < 4.78 is 16.1. The van der Waals surface area contributed by atoms with E-state index in [4.69, 9.17) is 14.2 Å². The number of guanidine groups is 1. The Kier molecular flexibility index (Phi) is 8.45. The van der Waals surface area contributed by atoms with Gasteiger partial charge in [0.2, 0.25) is 0 Å². The molecule has 0 unspecified atom stereocenters. The van der Waals surface area contributed by atoms with Crippen molar-refractivity contribution in [1.82, 2.24) is 10.6 Å². The third kappa shape index (κ3) is 6.83. The van der Waals surface area contributed by atoms with Gasteiger partial charge >= 0.3 is 0 Å². The van der Waals surface area contributed by atoms with Crippen LogP contribution in [0.5, 0.6) is 11.5 Å². The zero-order valence-electron chi connectivity index (χ0n) is 16.5. The minimum absolute atomic E-state index is 0.525. The molecule has 2 rings (SSSR count). The first kappa shape index (κ1) is 20.6. The molecule has 0 bridgehead atoms. The van der Waals surface area contributed by atoms with Crippen LogP contribution in [0, 0.1) is 6.92 Å². The molecule has 0 amide bonds. The Balaban J connectivity index is 1.91. The van der Waals surface area contributed by atoms with Gasteiger partial charge in [-0.1, -0.05) is 24.3 Å². The Hall–Kier alpha value is -2.73. The summed E-state index contributed by atoms with van der Waals surface area (Å²) in [5, 5.41) is 6.65. The van der Waals surface area contributed by atoms with E-state index in [1.165, 1.54) is 0 Å². The SMILES string of the molecule is CN=C(NCc1ccc(OC)cc1)NCc1ccc(C)cc1OCCOC. The second-order valence-electron chi connectivity index (χ2n) is 6.08. The molecular weight excluding hydrogens is 342 g/mol. The monoisotopic (exact) mass is 371 g/mol. The number of hydrogen-bond donors (Lipinski definition) is 2. The Morgan fingerprint density at radius 1 is 0.963 bits per heavy atom. The molecule has 0 aromatic heterocycles. The lowest BCUT2D eigenvalue weighted by molar-refractivity contribution is 0.145. The van der Waals surface area contributed by atoms with Crippen LogP contribution in [0.4, 0.5) is 0 Å². The van der Waals surface area contributed by atoms with E-state index < -0.39 is 0 Å². The lowest BCUT2D eigenvalue weighted by atomic mass is 10.1. The molecule has 0 atom stereocenters. The van der Waals surface area contributed by atoms with Gasteiger partial charge in [-0.2, -0.15) is 0 Å². The fourth-order valence-corrected chi connectivity index (χ4v) is 2.51. The Morgan fingerprint density at radius 3 is 2.37 bits per heavy atom. The highest BCUT2D eigenvalue weighted by molar-refractivity contribution is 5.79. The van der Waals surface area contributed by atoms with Gasteiger partial charge in [0.15, 0.2) is 5.96 Å². The van der Waals surface area contributed by atoms with Crippen molar-refractivity contribution in [3.63, 3.8) is 0 Å². The zero-order chi connectivity index (χ0) is 19.5. The second-order valence-corrected chi connectivity index (χ2v) is 6.08. The largest absolute Gasteiger partial charge is 0.497 e. The third-order valence-electron chi connectivity index (χ3n) is 4.06. The summed E-state index contributed by atoms with van der Waals surface area (Å²) in [5.74, 6) is 2.45. The summed E-state index contributed by atoms with van der Waals surface area (Å²) in [6.45, 7) is 4.43. The lowest BCUT2D eigenvalue weighted by Crippen LogP contribution is -2.36. The number of aryl methyl sites for hydroxylation is 1. The smallest absolute Gasteiger partial charge is 0.191 e. The molecule has 6 heteroatoms. The van der Waals surface area contributed by atoms with Gasteiger partial charge in [0.25, 0.3) is 0 Å². The molecule has 146 valence electrons. The maximum Gasteiger partial charge on any atom is 0.191 e. The summed E-state index contributed by atoms with van der Waals surface area (Å²) >= 11 is 0. The van der Waals surface area contributed by atoms with E-state index in [1.807, 2.05) is 30.3 Å². The van der Waals surface area contributed by atoms with Crippen LogP contribution in [0.1, 0.15) is 16.7 Å². The number of rotatable bonds is 9. The van der Waals surface area contributed by atoms with Crippen LogP contribution in [0.3, 0.4) is 0 Å². The van der Waals surface area contributed by atoms with Crippen molar-refractivity contribution in [2.75, 3.05) is 34.5 Å². The van der Waals surface area contributed by atoms with Gasteiger partial charge in [-0.15, -0.1) is 0 Å². The first-order chi connectivity index (χ1) is 13.2. The molecule has 6 nitrogen and oxygen atoms in total. The Bertz CT molecular complexity index is 730. The third-order valence-corrected chi connectivity index (χ3v) is 4.06. The van der Waals surface area contributed by atoms with Gasteiger partial charge in [-0.05, 0) is 36.2 Å². The highest BCUT2D eigenvalue weighted by atomic mass is 16.5. The summed E-state index contributed by atoms with van der Waals surface area (Å²) in [6, 6.07) is 14.1. The van der Waals surface area contributed by atoms with Crippen molar-refractivity contribution in [3.05, 3.63) is 59.2 Å². The molecule has 0 aliphatic heterocycles. The number of ether oxygens (including phenoxy) is 3. The van der Waals surface area contributed by atoms with Gasteiger partial charge in [0, 0.05) is 32.8 Å². The van der Waals surface area contributed by atoms with Crippen molar-refractivity contribution in [2.45, 2.75) is 20.0 Å². The fourth-order valence-electron chi connectivity index (χ4n) is 2.51. The van der Waals surface area contributed by atoms with Gasteiger partial charge in [0.05, 0.1) is 13.7 Å². The van der Waals surface area contributed by atoms with E-state index in [0.717, 1.165) is 34.1 Å². The predicted octanol–water partition coefficient (Wildman–Crippen LogP) is 2.89. The van der Waals surface area contributed by atoms with Crippen LogP contribution in [0.2, 0.25) is 0 Å². The van der Waals surface area contributed by atoms with E-state index in [2.05, 4.69) is 34.7 Å². The van der Waals surface area contributed by atoms with Crippen LogP contribution in [0.15, 0.2) is 47.5 Å². The quantitative estimate of drug-likeness (QED) is 0.403. The first-order valence-corrected chi connectivity index (χ1v) is 8.95. The van der Waals surface area contributed by atoms with Gasteiger partial charge in [-0.3, -0.25) is 4.99 Å². The minimum atomic E-state index is 0.525. The molecule has 0 saturated heterocycles.